The third-order valence-corrected chi connectivity index (χ3v) is 4.79. The van der Waals surface area contributed by atoms with Gasteiger partial charge in [0.15, 0.2) is 0 Å². The van der Waals surface area contributed by atoms with Crippen LogP contribution < -0.4 is 11.5 Å². The SMILES string of the molecule is Cc1ccc2cc(C(N)C3(CN)CCC3)ccc2c1. The number of fused-ring (bicyclic) bond motifs is 1. The molecule has 1 saturated carbocycles. The van der Waals surface area contributed by atoms with Gasteiger partial charge in [0.2, 0.25) is 0 Å². The molecular formula is C17H22N2. The third-order valence-electron chi connectivity index (χ3n) is 4.79. The fraction of sp³-hybridized carbons (Fsp3) is 0.412. The van der Waals surface area contributed by atoms with Gasteiger partial charge in [0.25, 0.3) is 0 Å². The molecule has 0 heterocycles. The summed E-state index contributed by atoms with van der Waals surface area (Å²) < 4.78 is 0. The summed E-state index contributed by atoms with van der Waals surface area (Å²) in [5.74, 6) is 0. The number of rotatable bonds is 3. The van der Waals surface area contributed by atoms with Gasteiger partial charge in [-0.1, -0.05) is 42.3 Å². The molecule has 0 saturated heterocycles. The number of hydrogen-bond donors (Lipinski definition) is 2. The second-order valence-electron chi connectivity index (χ2n) is 6.01. The first-order valence-corrected chi connectivity index (χ1v) is 7.11. The Morgan fingerprint density at radius 2 is 1.79 bits per heavy atom. The Labute approximate surface area is 114 Å². The molecule has 1 aliphatic carbocycles. The molecule has 0 aliphatic heterocycles. The molecule has 4 N–H and O–H groups in total. The van der Waals surface area contributed by atoms with E-state index >= 15 is 0 Å². The molecule has 0 amide bonds. The maximum absolute atomic E-state index is 6.49. The maximum Gasteiger partial charge on any atom is 0.0364 e. The van der Waals surface area contributed by atoms with E-state index in [9.17, 15) is 0 Å². The molecular weight excluding hydrogens is 232 g/mol. The molecule has 1 fully saturated rings. The molecule has 2 heteroatoms. The van der Waals surface area contributed by atoms with E-state index in [4.69, 9.17) is 11.5 Å². The van der Waals surface area contributed by atoms with Crippen LogP contribution in [0.3, 0.4) is 0 Å². The molecule has 1 unspecified atom stereocenters. The number of aryl methyl sites for hydroxylation is 1. The summed E-state index contributed by atoms with van der Waals surface area (Å²) in [6.07, 6.45) is 3.59. The van der Waals surface area contributed by atoms with Crippen molar-refractivity contribution in [3.05, 3.63) is 47.5 Å². The quantitative estimate of drug-likeness (QED) is 0.883. The molecule has 1 aliphatic rings. The van der Waals surface area contributed by atoms with Gasteiger partial charge >= 0.3 is 0 Å². The summed E-state index contributed by atoms with van der Waals surface area (Å²) in [6, 6.07) is 13.2. The molecule has 0 aromatic heterocycles. The van der Waals surface area contributed by atoms with E-state index in [1.165, 1.54) is 28.3 Å². The molecule has 0 bridgehead atoms. The predicted octanol–water partition coefficient (Wildman–Crippen LogP) is 3.28. The zero-order chi connectivity index (χ0) is 13.5. The summed E-state index contributed by atoms with van der Waals surface area (Å²) in [4.78, 5) is 0. The Morgan fingerprint density at radius 3 is 2.42 bits per heavy atom. The maximum atomic E-state index is 6.49. The zero-order valence-electron chi connectivity index (χ0n) is 11.5. The standard InChI is InChI=1S/C17H22N2/c1-12-3-4-14-10-15(6-5-13(14)9-12)16(19)17(11-18)7-2-8-17/h3-6,9-10,16H,2,7-8,11,18-19H2,1H3. The fourth-order valence-corrected chi connectivity index (χ4v) is 3.20. The first-order chi connectivity index (χ1) is 9.14. The predicted molar refractivity (Wildman–Crippen MR) is 81.0 cm³/mol. The summed E-state index contributed by atoms with van der Waals surface area (Å²) >= 11 is 0. The van der Waals surface area contributed by atoms with E-state index in [0.29, 0.717) is 6.54 Å². The van der Waals surface area contributed by atoms with Crippen LogP contribution in [-0.2, 0) is 0 Å². The van der Waals surface area contributed by atoms with E-state index < -0.39 is 0 Å². The second kappa shape index (κ2) is 4.62. The topological polar surface area (TPSA) is 52.0 Å². The highest BCUT2D eigenvalue weighted by Gasteiger charge is 2.41. The molecule has 0 spiro atoms. The van der Waals surface area contributed by atoms with E-state index in [2.05, 4.69) is 43.3 Å². The first kappa shape index (κ1) is 12.6. The molecule has 19 heavy (non-hydrogen) atoms. The molecule has 1 atom stereocenters. The zero-order valence-corrected chi connectivity index (χ0v) is 11.5. The lowest BCUT2D eigenvalue weighted by molar-refractivity contribution is 0.105. The number of nitrogens with two attached hydrogens (primary N) is 2. The van der Waals surface area contributed by atoms with Crippen molar-refractivity contribution in [2.75, 3.05) is 6.54 Å². The summed E-state index contributed by atoms with van der Waals surface area (Å²) in [5.41, 5.74) is 15.1. The molecule has 0 radical (unpaired) electrons. The van der Waals surface area contributed by atoms with Gasteiger partial charge in [0.05, 0.1) is 0 Å². The fourth-order valence-electron chi connectivity index (χ4n) is 3.20. The van der Waals surface area contributed by atoms with Crippen LogP contribution >= 0.6 is 0 Å². The smallest absolute Gasteiger partial charge is 0.0364 e. The lowest BCUT2D eigenvalue weighted by atomic mass is 9.62. The highest BCUT2D eigenvalue weighted by Crippen LogP contribution is 2.48. The van der Waals surface area contributed by atoms with Crippen molar-refractivity contribution in [3.8, 4) is 0 Å². The Bertz CT molecular complexity index is 594. The minimum absolute atomic E-state index is 0.0666. The monoisotopic (exact) mass is 254 g/mol. The van der Waals surface area contributed by atoms with Crippen LogP contribution in [0.15, 0.2) is 36.4 Å². The normalized spacial score (nSPS) is 19.1. The van der Waals surface area contributed by atoms with Crippen LogP contribution in [-0.4, -0.2) is 6.54 Å². The molecule has 2 aromatic carbocycles. The molecule has 3 rings (SSSR count). The van der Waals surface area contributed by atoms with Crippen molar-refractivity contribution < 1.29 is 0 Å². The average molecular weight is 254 g/mol. The van der Waals surface area contributed by atoms with E-state index in [0.717, 1.165) is 12.8 Å². The third kappa shape index (κ3) is 2.05. The van der Waals surface area contributed by atoms with Gasteiger partial charge in [-0.15, -0.1) is 0 Å². The largest absolute Gasteiger partial charge is 0.330 e. The van der Waals surface area contributed by atoms with Crippen LogP contribution in [0.25, 0.3) is 10.8 Å². The van der Waals surface area contributed by atoms with Crippen LogP contribution in [0.4, 0.5) is 0 Å². The van der Waals surface area contributed by atoms with Crippen molar-refractivity contribution in [1.82, 2.24) is 0 Å². The summed E-state index contributed by atoms with van der Waals surface area (Å²) in [7, 11) is 0. The lowest BCUT2D eigenvalue weighted by Crippen LogP contribution is -2.46. The van der Waals surface area contributed by atoms with Crippen molar-refractivity contribution in [2.45, 2.75) is 32.2 Å². The van der Waals surface area contributed by atoms with Gasteiger partial charge in [-0.2, -0.15) is 0 Å². The van der Waals surface area contributed by atoms with Gasteiger partial charge in [-0.25, -0.2) is 0 Å². The second-order valence-corrected chi connectivity index (χ2v) is 6.01. The van der Waals surface area contributed by atoms with Crippen molar-refractivity contribution in [2.24, 2.45) is 16.9 Å². The van der Waals surface area contributed by atoms with Gasteiger partial charge in [-0.3, -0.25) is 0 Å². The van der Waals surface area contributed by atoms with Crippen molar-refractivity contribution in [3.63, 3.8) is 0 Å². The Morgan fingerprint density at radius 1 is 1.11 bits per heavy atom. The van der Waals surface area contributed by atoms with Crippen molar-refractivity contribution in [1.29, 1.82) is 0 Å². The number of benzene rings is 2. The van der Waals surface area contributed by atoms with Crippen LogP contribution in [0, 0.1) is 12.3 Å². The minimum Gasteiger partial charge on any atom is -0.330 e. The molecule has 2 nitrogen and oxygen atoms in total. The molecule has 100 valence electrons. The highest BCUT2D eigenvalue weighted by atomic mass is 14.8. The minimum atomic E-state index is 0.0666. The van der Waals surface area contributed by atoms with Gasteiger partial charge in [0, 0.05) is 11.5 Å². The van der Waals surface area contributed by atoms with Gasteiger partial charge in [0.1, 0.15) is 0 Å². The Balaban J connectivity index is 1.99. The first-order valence-electron chi connectivity index (χ1n) is 7.11. The van der Waals surface area contributed by atoms with Gasteiger partial charge in [-0.05, 0) is 48.7 Å². The van der Waals surface area contributed by atoms with Gasteiger partial charge < -0.3 is 11.5 Å². The van der Waals surface area contributed by atoms with Crippen molar-refractivity contribution >= 4 is 10.8 Å². The Kier molecular flexibility index (Phi) is 3.08. The highest BCUT2D eigenvalue weighted by molar-refractivity contribution is 5.83. The molecule has 2 aromatic rings. The lowest BCUT2D eigenvalue weighted by Gasteiger charge is -2.45. The number of hydrogen-bond acceptors (Lipinski definition) is 2. The van der Waals surface area contributed by atoms with E-state index in [-0.39, 0.29) is 11.5 Å². The summed E-state index contributed by atoms with van der Waals surface area (Å²) in [5, 5.41) is 2.55. The van der Waals surface area contributed by atoms with E-state index in [1.807, 2.05) is 0 Å². The average Bonchev–Trinajstić information content (AvgIpc) is 2.37. The Hall–Kier alpha value is -1.38. The summed E-state index contributed by atoms with van der Waals surface area (Å²) in [6.45, 7) is 2.82. The van der Waals surface area contributed by atoms with Crippen LogP contribution in [0.5, 0.6) is 0 Å². The van der Waals surface area contributed by atoms with Crippen LogP contribution in [0.2, 0.25) is 0 Å². The van der Waals surface area contributed by atoms with Crippen LogP contribution in [0.1, 0.15) is 36.4 Å². The van der Waals surface area contributed by atoms with E-state index in [1.54, 1.807) is 0 Å².